The van der Waals surface area contributed by atoms with Crippen molar-refractivity contribution in [1.82, 2.24) is 0 Å². The van der Waals surface area contributed by atoms with Crippen LogP contribution in [0.2, 0.25) is 0 Å². The number of ether oxygens (including phenoxy) is 1. The van der Waals surface area contributed by atoms with E-state index in [1.807, 2.05) is 6.08 Å². The van der Waals surface area contributed by atoms with Gasteiger partial charge < -0.3 is 9.84 Å². The van der Waals surface area contributed by atoms with Crippen LogP contribution in [0.4, 0.5) is 0 Å². The zero-order valence-corrected chi connectivity index (χ0v) is 4.87. The molecule has 2 atom stereocenters. The molecule has 0 aromatic rings. The normalized spacial score (nSPS) is 36.2. The molecule has 1 aliphatic carbocycles. The van der Waals surface area contributed by atoms with E-state index in [2.05, 4.69) is 0 Å². The maximum absolute atomic E-state index is 8.86. The lowest BCUT2D eigenvalue weighted by Crippen LogP contribution is -2.07. The molecule has 1 N–H and O–H groups in total. The van der Waals surface area contributed by atoms with E-state index in [9.17, 15) is 0 Å². The lowest BCUT2D eigenvalue weighted by Gasteiger charge is -2.03. The van der Waals surface area contributed by atoms with Gasteiger partial charge in [0.15, 0.2) is 0 Å². The Labute approximate surface area is 48.8 Å². The van der Waals surface area contributed by atoms with Crippen molar-refractivity contribution in [1.29, 1.82) is 0 Å². The molecule has 0 saturated carbocycles. The molecule has 0 bridgehead atoms. The summed E-state index contributed by atoms with van der Waals surface area (Å²) in [6, 6.07) is 0. The lowest BCUT2D eigenvalue weighted by molar-refractivity contribution is 0.106. The van der Waals surface area contributed by atoms with Crippen LogP contribution in [0.3, 0.4) is 0 Å². The van der Waals surface area contributed by atoms with E-state index in [4.69, 9.17) is 9.84 Å². The second-order valence-corrected chi connectivity index (χ2v) is 1.96. The Hall–Kier alpha value is -0.340. The van der Waals surface area contributed by atoms with E-state index in [1.54, 1.807) is 13.2 Å². The molecular formula is C6H10O2. The Morgan fingerprint density at radius 2 is 2.38 bits per heavy atom. The minimum Gasteiger partial charge on any atom is -0.389 e. The van der Waals surface area contributed by atoms with Crippen LogP contribution < -0.4 is 0 Å². The summed E-state index contributed by atoms with van der Waals surface area (Å²) in [5.41, 5.74) is 0. The molecule has 0 unspecified atom stereocenters. The summed E-state index contributed by atoms with van der Waals surface area (Å²) in [5, 5.41) is 8.86. The van der Waals surface area contributed by atoms with Gasteiger partial charge in [-0.1, -0.05) is 12.2 Å². The van der Waals surface area contributed by atoms with Crippen molar-refractivity contribution in [2.75, 3.05) is 7.11 Å². The number of aliphatic hydroxyl groups excluding tert-OH is 1. The van der Waals surface area contributed by atoms with E-state index in [-0.39, 0.29) is 12.2 Å². The molecule has 0 fully saturated rings. The topological polar surface area (TPSA) is 29.5 Å². The monoisotopic (exact) mass is 114 g/mol. The summed E-state index contributed by atoms with van der Waals surface area (Å²) < 4.78 is 4.93. The molecule has 0 heterocycles. The van der Waals surface area contributed by atoms with Crippen LogP contribution in [0.25, 0.3) is 0 Å². The summed E-state index contributed by atoms with van der Waals surface area (Å²) in [4.78, 5) is 0. The first-order valence-electron chi connectivity index (χ1n) is 2.72. The third kappa shape index (κ3) is 1.08. The quantitative estimate of drug-likeness (QED) is 0.497. The van der Waals surface area contributed by atoms with Gasteiger partial charge >= 0.3 is 0 Å². The summed E-state index contributed by atoms with van der Waals surface area (Å²) in [6.07, 6.45) is 4.22. The van der Waals surface area contributed by atoms with Gasteiger partial charge in [-0.25, -0.2) is 0 Å². The second-order valence-electron chi connectivity index (χ2n) is 1.96. The predicted molar refractivity (Wildman–Crippen MR) is 30.6 cm³/mol. The Balaban J connectivity index is 2.34. The molecule has 2 nitrogen and oxygen atoms in total. The maximum Gasteiger partial charge on any atom is 0.0780 e. The third-order valence-corrected chi connectivity index (χ3v) is 1.32. The van der Waals surface area contributed by atoms with Crippen LogP contribution >= 0.6 is 0 Å². The minimum absolute atomic E-state index is 0.144. The average molecular weight is 114 g/mol. The highest BCUT2D eigenvalue weighted by molar-refractivity contribution is 5.03. The SMILES string of the molecule is CO[C@H]1C=C[C@@H](O)C1. The van der Waals surface area contributed by atoms with E-state index in [1.165, 1.54) is 0 Å². The molecule has 0 radical (unpaired) electrons. The van der Waals surface area contributed by atoms with Crippen LogP contribution in [0.5, 0.6) is 0 Å². The van der Waals surface area contributed by atoms with E-state index < -0.39 is 0 Å². The third-order valence-electron chi connectivity index (χ3n) is 1.32. The maximum atomic E-state index is 8.86. The highest BCUT2D eigenvalue weighted by Gasteiger charge is 2.14. The first-order valence-corrected chi connectivity index (χ1v) is 2.72. The molecule has 0 amide bonds. The average Bonchev–Trinajstić information content (AvgIpc) is 2.14. The molecule has 0 spiro atoms. The summed E-state index contributed by atoms with van der Waals surface area (Å²) in [5.74, 6) is 0. The minimum atomic E-state index is -0.278. The zero-order valence-electron chi connectivity index (χ0n) is 4.87. The van der Waals surface area contributed by atoms with Crippen molar-refractivity contribution >= 4 is 0 Å². The Morgan fingerprint density at radius 3 is 2.62 bits per heavy atom. The second kappa shape index (κ2) is 2.29. The highest BCUT2D eigenvalue weighted by atomic mass is 16.5. The molecule has 2 heteroatoms. The van der Waals surface area contributed by atoms with Crippen LogP contribution in [0, 0.1) is 0 Å². The van der Waals surface area contributed by atoms with E-state index in [0.717, 1.165) is 6.42 Å². The van der Waals surface area contributed by atoms with Gasteiger partial charge in [0.25, 0.3) is 0 Å². The largest absolute Gasteiger partial charge is 0.389 e. The van der Waals surface area contributed by atoms with Gasteiger partial charge in [-0.05, 0) is 0 Å². The molecular weight excluding hydrogens is 104 g/mol. The summed E-state index contributed by atoms with van der Waals surface area (Å²) >= 11 is 0. The molecule has 8 heavy (non-hydrogen) atoms. The van der Waals surface area contributed by atoms with Gasteiger partial charge in [-0.2, -0.15) is 0 Å². The highest BCUT2D eigenvalue weighted by Crippen LogP contribution is 2.11. The van der Waals surface area contributed by atoms with Crippen LogP contribution in [0.1, 0.15) is 6.42 Å². The number of rotatable bonds is 1. The number of hydrogen-bond donors (Lipinski definition) is 1. The first kappa shape index (κ1) is 5.79. The van der Waals surface area contributed by atoms with Crippen LogP contribution in [-0.2, 0) is 4.74 Å². The summed E-state index contributed by atoms with van der Waals surface area (Å²) in [7, 11) is 1.65. The number of hydrogen-bond acceptors (Lipinski definition) is 2. The van der Waals surface area contributed by atoms with Gasteiger partial charge in [0.1, 0.15) is 0 Å². The lowest BCUT2D eigenvalue weighted by atomic mass is 10.3. The fourth-order valence-electron chi connectivity index (χ4n) is 0.822. The van der Waals surface area contributed by atoms with Crippen molar-refractivity contribution in [3.8, 4) is 0 Å². The van der Waals surface area contributed by atoms with Crippen molar-refractivity contribution in [3.63, 3.8) is 0 Å². The van der Waals surface area contributed by atoms with E-state index in [0.29, 0.717) is 0 Å². The van der Waals surface area contributed by atoms with Crippen molar-refractivity contribution in [3.05, 3.63) is 12.2 Å². The molecule has 46 valence electrons. The smallest absolute Gasteiger partial charge is 0.0780 e. The standard InChI is InChI=1S/C6H10O2/c1-8-6-3-2-5(7)4-6/h2-3,5-7H,4H2,1H3/t5-,6+/m1/s1. The summed E-state index contributed by atoms with van der Waals surface area (Å²) in [6.45, 7) is 0. The number of aliphatic hydroxyl groups is 1. The van der Waals surface area contributed by atoms with Gasteiger partial charge in [0.05, 0.1) is 12.2 Å². The van der Waals surface area contributed by atoms with Gasteiger partial charge in [-0.3, -0.25) is 0 Å². The molecule has 0 aromatic heterocycles. The van der Waals surface area contributed by atoms with Crippen LogP contribution in [0.15, 0.2) is 12.2 Å². The first-order chi connectivity index (χ1) is 3.83. The Kier molecular flexibility index (Phi) is 1.65. The fraction of sp³-hybridized carbons (Fsp3) is 0.667. The van der Waals surface area contributed by atoms with Crippen molar-refractivity contribution in [2.24, 2.45) is 0 Å². The van der Waals surface area contributed by atoms with Gasteiger partial charge in [-0.15, -0.1) is 0 Å². The zero-order chi connectivity index (χ0) is 5.98. The molecule has 1 aliphatic rings. The Morgan fingerprint density at radius 1 is 1.62 bits per heavy atom. The van der Waals surface area contributed by atoms with Gasteiger partial charge in [0, 0.05) is 13.5 Å². The number of methoxy groups -OCH3 is 1. The molecule has 1 rings (SSSR count). The molecule has 0 saturated heterocycles. The van der Waals surface area contributed by atoms with E-state index >= 15 is 0 Å². The Bertz CT molecular complexity index is 98.7. The van der Waals surface area contributed by atoms with Crippen molar-refractivity contribution < 1.29 is 9.84 Å². The van der Waals surface area contributed by atoms with Crippen LogP contribution in [-0.4, -0.2) is 24.4 Å². The fourth-order valence-corrected chi connectivity index (χ4v) is 0.822. The predicted octanol–water partition coefficient (Wildman–Crippen LogP) is 0.322. The van der Waals surface area contributed by atoms with Gasteiger partial charge in [0.2, 0.25) is 0 Å². The molecule has 0 aromatic carbocycles. The van der Waals surface area contributed by atoms with Crippen molar-refractivity contribution in [2.45, 2.75) is 18.6 Å². The molecule has 0 aliphatic heterocycles.